The molecule has 0 amide bonds. The van der Waals surface area contributed by atoms with E-state index in [-0.39, 0.29) is 11.3 Å². The van der Waals surface area contributed by atoms with Crippen LogP contribution in [0.25, 0.3) is 0 Å². The third-order valence-electron chi connectivity index (χ3n) is 1.95. The van der Waals surface area contributed by atoms with Gasteiger partial charge in [0.2, 0.25) is 0 Å². The number of hydrogen-bond acceptors (Lipinski definition) is 2. The molecule has 2 N–H and O–H groups in total. The predicted octanol–water partition coefficient (Wildman–Crippen LogP) is 2.79. The van der Waals surface area contributed by atoms with Crippen LogP contribution in [0.3, 0.4) is 0 Å². The van der Waals surface area contributed by atoms with Crippen molar-refractivity contribution >= 4 is 11.8 Å². The molecular formula is C10H13F2NS. The largest absolute Gasteiger partial charge is 0.327 e. The lowest BCUT2D eigenvalue weighted by molar-refractivity contribution is 0.565. The van der Waals surface area contributed by atoms with E-state index in [1.54, 1.807) is 0 Å². The Morgan fingerprint density at radius 3 is 2.43 bits per heavy atom. The molecule has 1 aromatic rings. The normalized spacial score (nSPS) is 15.2. The third-order valence-corrected chi connectivity index (χ3v) is 3.33. The van der Waals surface area contributed by atoms with Gasteiger partial charge in [-0.05, 0) is 19.1 Å². The second kappa shape index (κ2) is 4.75. The van der Waals surface area contributed by atoms with Crippen molar-refractivity contribution in [3.05, 3.63) is 29.8 Å². The standard InChI is InChI=1S/C10H13F2NS/c1-6(13)7(2)14-10-4-3-8(11)5-9(10)12/h3-7H,13H2,1-2H3. The minimum atomic E-state index is -0.555. The van der Waals surface area contributed by atoms with Crippen LogP contribution in [0.2, 0.25) is 0 Å². The first-order chi connectivity index (χ1) is 6.50. The maximum atomic E-state index is 13.2. The van der Waals surface area contributed by atoms with E-state index < -0.39 is 11.6 Å². The Morgan fingerprint density at radius 2 is 1.93 bits per heavy atom. The Bertz CT molecular complexity index is 315. The van der Waals surface area contributed by atoms with Gasteiger partial charge in [-0.15, -0.1) is 11.8 Å². The predicted molar refractivity (Wildman–Crippen MR) is 55.3 cm³/mol. The fourth-order valence-electron chi connectivity index (χ4n) is 0.878. The van der Waals surface area contributed by atoms with Crippen molar-refractivity contribution < 1.29 is 8.78 Å². The molecule has 0 saturated heterocycles. The van der Waals surface area contributed by atoms with Crippen LogP contribution in [0.1, 0.15) is 13.8 Å². The summed E-state index contributed by atoms with van der Waals surface area (Å²) in [5.74, 6) is -1.08. The highest BCUT2D eigenvalue weighted by Crippen LogP contribution is 2.27. The highest BCUT2D eigenvalue weighted by molar-refractivity contribution is 8.00. The van der Waals surface area contributed by atoms with E-state index in [1.165, 1.54) is 23.9 Å². The molecule has 78 valence electrons. The quantitative estimate of drug-likeness (QED) is 0.788. The lowest BCUT2D eigenvalue weighted by atomic mass is 10.3. The van der Waals surface area contributed by atoms with Crippen molar-refractivity contribution in [1.82, 2.24) is 0 Å². The molecule has 0 saturated carbocycles. The van der Waals surface area contributed by atoms with Gasteiger partial charge >= 0.3 is 0 Å². The molecule has 0 heterocycles. The molecule has 0 fully saturated rings. The van der Waals surface area contributed by atoms with Gasteiger partial charge in [-0.1, -0.05) is 6.92 Å². The number of nitrogens with two attached hydrogens (primary N) is 1. The first kappa shape index (κ1) is 11.5. The number of rotatable bonds is 3. The summed E-state index contributed by atoms with van der Waals surface area (Å²) in [5, 5.41) is 0.106. The van der Waals surface area contributed by atoms with Gasteiger partial charge in [-0.3, -0.25) is 0 Å². The molecule has 2 unspecified atom stereocenters. The number of benzene rings is 1. The molecule has 1 aromatic carbocycles. The van der Waals surface area contributed by atoms with Gasteiger partial charge in [-0.25, -0.2) is 8.78 Å². The Morgan fingerprint density at radius 1 is 1.29 bits per heavy atom. The maximum absolute atomic E-state index is 13.2. The maximum Gasteiger partial charge on any atom is 0.139 e. The minimum Gasteiger partial charge on any atom is -0.327 e. The van der Waals surface area contributed by atoms with E-state index in [2.05, 4.69) is 0 Å². The van der Waals surface area contributed by atoms with Crippen LogP contribution in [-0.2, 0) is 0 Å². The van der Waals surface area contributed by atoms with Crippen molar-refractivity contribution in [3.8, 4) is 0 Å². The summed E-state index contributed by atoms with van der Waals surface area (Å²) in [4.78, 5) is 0.441. The number of halogens is 2. The Kier molecular flexibility index (Phi) is 3.89. The van der Waals surface area contributed by atoms with Crippen LogP contribution in [0.4, 0.5) is 8.78 Å². The van der Waals surface area contributed by atoms with Gasteiger partial charge in [0.05, 0.1) is 0 Å². The first-order valence-corrected chi connectivity index (χ1v) is 5.26. The molecule has 14 heavy (non-hydrogen) atoms. The zero-order valence-electron chi connectivity index (χ0n) is 8.13. The first-order valence-electron chi connectivity index (χ1n) is 4.38. The molecule has 0 aliphatic heterocycles. The summed E-state index contributed by atoms with van der Waals surface area (Å²) in [5.41, 5.74) is 5.65. The van der Waals surface area contributed by atoms with E-state index in [4.69, 9.17) is 5.73 Å². The topological polar surface area (TPSA) is 26.0 Å². The van der Waals surface area contributed by atoms with Gasteiger partial charge in [0.25, 0.3) is 0 Å². The van der Waals surface area contributed by atoms with Gasteiger partial charge in [0.1, 0.15) is 11.6 Å². The summed E-state index contributed by atoms with van der Waals surface area (Å²) in [6.45, 7) is 3.78. The minimum absolute atomic E-state index is 0.0237. The van der Waals surface area contributed by atoms with Gasteiger partial charge in [0, 0.05) is 22.3 Å². The molecule has 0 aliphatic rings. The summed E-state index contributed by atoms with van der Waals surface area (Å²) >= 11 is 1.32. The van der Waals surface area contributed by atoms with Crippen LogP contribution in [0.15, 0.2) is 23.1 Å². The van der Waals surface area contributed by atoms with E-state index in [9.17, 15) is 8.78 Å². The summed E-state index contributed by atoms with van der Waals surface area (Å²) in [6, 6.07) is 3.55. The molecule has 0 aromatic heterocycles. The molecule has 0 radical (unpaired) electrons. The molecular weight excluding hydrogens is 204 g/mol. The van der Waals surface area contributed by atoms with Gasteiger partial charge in [-0.2, -0.15) is 0 Å². The molecule has 4 heteroatoms. The monoisotopic (exact) mass is 217 g/mol. The van der Waals surface area contributed by atoms with E-state index in [0.717, 1.165) is 6.07 Å². The average molecular weight is 217 g/mol. The molecule has 0 aliphatic carbocycles. The Balaban J connectivity index is 2.77. The van der Waals surface area contributed by atoms with Gasteiger partial charge < -0.3 is 5.73 Å². The zero-order chi connectivity index (χ0) is 10.7. The second-order valence-corrected chi connectivity index (χ2v) is 4.68. The van der Waals surface area contributed by atoms with E-state index in [1.807, 2.05) is 13.8 Å². The smallest absolute Gasteiger partial charge is 0.139 e. The highest BCUT2D eigenvalue weighted by atomic mass is 32.2. The molecule has 1 nitrogen and oxygen atoms in total. The highest BCUT2D eigenvalue weighted by Gasteiger charge is 2.12. The number of hydrogen-bond donors (Lipinski definition) is 1. The van der Waals surface area contributed by atoms with Crippen LogP contribution in [0.5, 0.6) is 0 Å². The van der Waals surface area contributed by atoms with Crippen molar-refractivity contribution in [2.45, 2.75) is 30.0 Å². The van der Waals surface area contributed by atoms with Crippen LogP contribution < -0.4 is 5.73 Å². The van der Waals surface area contributed by atoms with Crippen molar-refractivity contribution in [3.63, 3.8) is 0 Å². The van der Waals surface area contributed by atoms with Crippen molar-refractivity contribution in [2.24, 2.45) is 5.73 Å². The zero-order valence-corrected chi connectivity index (χ0v) is 8.94. The fraction of sp³-hybridized carbons (Fsp3) is 0.400. The van der Waals surface area contributed by atoms with Crippen LogP contribution >= 0.6 is 11.8 Å². The number of thioether (sulfide) groups is 1. The Hall–Kier alpha value is -0.610. The summed E-state index contributed by atoms with van der Waals surface area (Å²) in [6.07, 6.45) is 0. The SMILES string of the molecule is CC(N)C(C)Sc1ccc(F)cc1F. The van der Waals surface area contributed by atoms with Crippen molar-refractivity contribution in [1.29, 1.82) is 0 Å². The molecule has 0 bridgehead atoms. The summed E-state index contributed by atoms with van der Waals surface area (Å²) < 4.78 is 25.7. The van der Waals surface area contributed by atoms with Crippen LogP contribution in [0, 0.1) is 11.6 Å². The van der Waals surface area contributed by atoms with Gasteiger partial charge in [0.15, 0.2) is 0 Å². The average Bonchev–Trinajstić information content (AvgIpc) is 2.09. The van der Waals surface area contributed by atoms with Crippen molar-refractivity contribution in [2.75, 3.05) is 0 Å². The fourth-order valence-corrected chi connectivity index (χ4v) is 1.81. The molecule has 1 rings (SSSR count). The Labute approximate surface area is 86.7 Å². The van der Waals surface area contributed by atoms with Crippen LogP contribution in [-0.4, -0.2) is 11.3 Å². The third kappa shape index (κ3) is 2.96. The van der Waals surface area contributed by atoms with E-state index >= 15 is 0 Å². The second-order valence-electron chi connectivity index (χ2n) is 3.26. The van der Waals surface area contributed by atoms with E-state index in [0.29, 0.717) is 4.90 Å². The molecule has 2 atom stereocenters. The lowest BCUT2D eigenvalue weighted by Crippen LogP contribution is -2.26. The summed E-state index contributed by atoms with van der Waals surface area (Å²) in [7, 11) is 0. The lowest BCUT2D eigenvalue weighted by Gasteiger charge is -2.15. The molecule has 0 spiro atoms.